The van der Waals surface area contributed by atoms with Crippen LogP contribution in [0.5, 0.6) is 0 Å². The van der Waals surface area contributed by atoms with E-state index < -0.39 is 67.4 Å². The SMILES string of the molecule is CC/C=C\C/C=C\C/C=C\C/C=C\C/C=C\C/C=C\CCCCCC(O)C(=O)NC(COC1OC(CO)C(O)C(O)C1OC(=O)CCCCCCCC/C=C/C=C/CCCCC)C(O)/C=C/CCCCCCCCCCCC. The van der Waals surface area contributed by atoms with E-state index >= 15 is 0 Å². The molecule has 8 unspecified atom stereocenters. The Morgan fingerprint density at radius 1 is 0.526 bits per heavy atom. The number of amides is 1. The van der Waals surface area contributed by atoms with Crippen LogP contribution in [0.4, 0.5) is 0 Å². The van der Waals surface area contributed by atoms with Gasteiger partial charge in [-0.25, -0.2) is 0 Å². The molecular formula is C67H113NO10. The molecule has 446 valence electrons. The number of allylic oxidation sites excluding steroid dienone is 17. The predicted molar refractivity (Wildman–Crippen MR) is 324 cm³/mol. The number of hydrogen-bond donors (Lipinski definition) is 6. The lowest BCUT2D eigenvalue weighted by Gasteiger charge is -2.41. The Hall–Kier alpha value is -3.68. The quantitative estimate of drug-likeness (QED) is 0.0149. The van der Waals surface area contributed by atoms with Gasteiger partial charge in [0.1, 0.15) is 24.4 Å². The third-order valence-corrected chi connectivity index (χ3v) is 13.9. The molecule has 0 aliphatic carbocycles. The number of esters is 1. The fourth-order valence-corrected chi connectivity index (χ4v) is 9.00. The van der Waals surface area contributed by atoms with Gasteiger partial charge in [-0.05, 0) is 103 Å². The second-order valence-electron chi connectivity index (χ2n) is 21.1. The van der Waals surface area contributed by atoms with E-state index in [1.165, 1.54) is 64.2 Å². The average Bonchev–Trinajstić information content (AvgIpc) is 3.44. The molecule has 0 spiro atoms. The predicted octanol–water partition coefficient (Wildman–Crippen LogP) is 14.9. The fraction of sp³-hybridized carbons (Fsp3) is 0.701. The summed E-state index contributed by atoms with van der Waals surface area (Å²) in [6, 6.07) is -1.05. The van der Waals surface area contributed by atoms with Crippen molar-refractivity contribution >= 4 is 11.9 Å². The van der Waals surface area contributed by atoms with Gasteiger partial charge in [-0.3, -0.25) is 9.59 Å². The number of carbonyl (C=O) groups excluding carboxylic acids is 2. The van der Waals surface area contributed by atoms with E-state index in [4.69, 9.17) is 14.2 Å². The first kappa shape index (κ1) is 72.3. The number of ether oxygens (including phenoxy) is 3. The first-order valence-electron chi connectivity index (χ1n) is 31.2. The molecule has 78 heavy (non-hydrogen) atoms. The van der Waals surface area contributed by atoms with Crippen molar-refractivity contribution in [1.29, 1.82) is 0 Å². The summed E-state index contributed by atoms with van der Waals surface area (Å²) in [5.41, 5.74) is 0. The number of aliphatic hydroxyl groups is 5. The average molecular weight is 1090 g/mol. The number of nitrogens with one attached hydrogen (secondary N) is 1. The normalized spacial score (nSPS) is 19.7. The van der Waals surface area contributed by atoms with E-state index in [1.54, 1.807) is 6.08 Å². The molecule has 1 saturated heterocycles. The van der Waals surface area contributed by atoms with Gasteiger partial charge in [0.05, 0.1) is 25.4 Å². The number of unbranched alkanes of at least 4 members (excludes halogenated alkanes) is 22. The highest BCUT2D eigenvalue weighted by molar-refractivity contribution is 5.80. The molecule has 1 aliphatic heterocycles. The van der Waals surface area contributed by atoms with E-state index in [0.717, 1.165) is 128 Å². The highest BCUT2D eigenvalue weighted by Crippen LogP contribution is 2.26. The number of rotatable bonds is 51. The molecule has 6 N–H and O–H groups in total. The van der Waals surface area contributed by atoms with Crippen LogP contribution >= 0.6 is 0 Å². The standard InChI is InChI=1S/C67H113NO10/c1-4-7-10-13-16-19-22-25-27-28-29-30-31-32-33-35-36-39-42-45-48-51-54-60(71)66(75)68-58(59(70)53-50-47-44-41-38-24-21-18-15-12-9-6-3)57-76-67-65(64(74)63(73)61(56-69)77-67)78-62(72)55-52-49-46-43-40-37-34-26-23-20-17-14-11-8-5-2/h7,10,16-17,19-20,23,25-27,29-30,32-33,36,39,50,53,58-61,63-65,67,69-71,73-74H,4-6,8-9,11-15,18,21-22,24,28,31,34-35,37-38,40-49,51-52,54-57H2,1-3H3,(H,68,75)/b10-7-,19-16-,20-17+,26-23+,27-25-,30-29-,33-32-,39-36-,53-50+. The molecule has 1 aliphatic rings. The van der Waals surface area contributed by atoms with Gasteiger partial charge in [0.2, 0.25) is 5.91 Å². The van der Waals surface area contributed by atoms with Crippen LogP contribution in [0.1, 0.15) is 239 Å². The van der Waals surface area contributed by atoms with Crippen molar-refractivity contribution in [2.45, 2.75) is 288 Å². The van der Waals surface area contributed by atoms with Crippen LogP contribution < -0.4 is 5.32 Å². The summed E-state index contributed by atoms with van der Waals surface area (Å²) in [5.74, 6) is -1.24. The summed E-state index contributed by atoms with van der Waals surface area (Å²) in [6.07, 6.45) is 62.6. The van der Waals surface area contributed by atoms with Crippen molar-refractivity contribution in [2.24, 2.45) is 0 Å². The third-order valence-electron chi connectivity index (χ3n) is 13.9. The Morgan fingerprint density at radius 2 is 0.962 bits per heavy atom. The molecule has 1 heterocycles. The first-order chi connectivity index (χ1) is 38.2. The lowest BCUT2D eigenvalue weighted by Crippen LogP contribution is -2.61. The van der Waals surface area contributed by atoms with Gasteiger partial charge < -0.3 is 45.1 Å². The Morgan fingerprint density at radius 3 is 1.49 bits per heavy atom. The highest BCUT2D eigenvalue weighted by atomic mass is 16.7. The van der Waals surface area contributed by atoms with Crippen LogP contribution in [-0.4, -0.2) is 99.6 Å². The Kier molecular flexibility index (Phi) is 50.0. The maximum atomic E-state index is 13.4. The minimum Gasteiger partial charge on any atom is -0.454 e. The minimum atomic E-state index is -1.63. The van der Waals surface area contributed by atoms with Crippen molar-refractivity contribution in [3.63, 3.8) is 0 Å². The monoisotopic (exact) mass is 1090 g/mol. The largest absolute Gasteiger partial charge is 0.454 e. The number of hydrogen-bond acceptors (Lipinski definition) is 10. The maximum absolute atomic E-state index is 13.4. The number of aliphatic hydroxyl groups excluding tert-OH is 5. The lowest BCUT2D eigenvalue weighted by molar-refractivity contribution is -0.305. The van der Waals surface area contributed by atoms with Gasteiger partial charge in [-0.15, -0.1) is 0 Å². The molecular weight excluding hydrogens is 979 g/mol. The molecule has 8 atom stereocenters. The van der Waals surface area contributed by atoms with Gasteiger partial charge in [0.25, 0.3) is 0 Å². The Bertz CT molecular complexity index is 1680. The topological polar surface area (TPSA) is 175 Å². The van der Waals surface area contributed by atoms with Crippen molar-refractivity contribution in [2.75, 3.05) is 13.2 Å². The van der Waals surface area contributed by atoms with Crippen LogP contribution in [-0.2, 0) is 23.8 Å². The summed E-state index contributed by atoms with van der Waals surface area (Å²) in [6.45, 7) is 5.61. The van der Waals surface area contributed by atoms with Crippen LogP contribution in [0, 0.1) is 0 Å². The molecule has 1 amide bonds. The highest BCUT2D eigenvalue weighted by Gasteiger charge is 2.47. The van der Waals surface area contributed by atoms with Gasteiger partial charge in [-0.2, -0.15) is 0 Å². The number of carbonyl (C=O) groups is 2. The molecule has 1 fully saturated rings. The second-order valence-corrected chi connectivity index (χ2v) is 21.1. The smallest absolute Gasteiger partial charge is 0.306 e. The molecule has 11 heteroatoms. The van der Waals surface area contributed by atoms with Crippen molar-refractivity contribution in [3.05, 3.63) is 109 Å². The molecule has 0 aromatic heterocycles. The summed E-state index contributed by atoms with van der Waals surface area (Å²) in [5, 5.41) is 57.0. The summed E-state index contributed by atoms with van der Waals surface area (Å²) in [7, 11) is 0. The summed E-state index contributed by atoms with van der Waals surface area (Å²) >= 11 is 0. The zero-order valence-corrected chi connectivity index (χ0v) is 49.2. The molecule has 0 bridgehead atoms. The fourth-order valence-electron chi connectivity index (χ4n) is 9.00. The van der Waals surface area contributed by atoms with Gasteiger partial charge in [0.15, 0.2) is 12.4 Å². The first-order valence-corrected chi connectivity index (χ1v) is 31.2. The van der Waals surface area contributed by atoms with Crippen LogP contribution in [0.2, 0.25) is 0 Å². The van der Waals surface area contributed by atoms with E-state index in [-0.39, 0.29) is 19.4 Å². The van der Waals surface area contributed by atoms with Crippen LogP contribution in [0.15, 0.2) is 109 Å². The maximum Gasteiger partial charge on any atom is 0.306 e. The van der Waals surface area contributed by atoms with Crippen LogP contribution in [0.25, 0.3) is 0 Å². The Labute approximate surface area is 475 Å². The molecule has 11 nitrogen and oxygen atoms in total. The van der Waals surface area contributed by atoms with E-state index in [2.05, 4.69) is 123 Å². The van der Waals surface area contributed by atoms with Crippen molar-refractivity contribution in [3.8, 4) is 0 Å². The van der Waals surface area contributed by atoms with E-state index in [1.807, 2.05) is 6.08 Å². The molecule has 0 aromatic rings. The van der Waals surface area contributed by atoms with Crippen molar-refractivity contribution < 1.29 is 49.3 Å². The molecule has 1 rings (SSSR count). The molecule has 0 aromatic carbocycles. The second kappa shape index (κ2) is 53.9. The van der Waals surface area contributed by atoms with Crippen LogP contribution in [0.3, 0.4) is 0 Å². The third kappa shape index (κ3) is 41.3. The van der Waals surface area contributed by atoms with Gasteiger partial charge in [0, 0.05) is 6.42 Å². The zero-order chi connectivity index (χ0) is 56.8. The van der Waals surface area contributed by atoms with Gasteiger partial charge in [-0.1, -0.05) is 239 Å². The van der Waals surface area contributed by atoms with E-state index in [9.17, 15) is 35.1 Å². The summed E-state index contributed by atoms with van der Waals surface area (Å²) in [4.78, 5) is 26.5. The summed E-state index contributed by atoms with van der Waals surface area (Å²) < 4.78 is 17.6. The molecule has 0 radical (unpaired) electrons. The zero-order valence-electron chi connectivity index (χ0n) is 49.2. The van der Waals surface area contributed by atoms with Crippen molar-refractivity contribution in [1.82, 2.24) is 5.32 Å². The Balaban J connectivity index is 2.71. The molecule has 0 saturated carbocycles. The van der Waals surface area contributed by atoms with Gasteiger partial charge >= 0.3 is 5.97 Å². The minimum absolute atomic E-state index is 0.102. The van der Waals surface area contributed by atoms with E-state index in [0.29, 0.717) is 12.8 Å². The lowest BCUT2D eigenvalue weighted by atomic mass is 9.99.